The lowest BCUT2D eigenvalue weighted by Crippen LogP contribution is -1.96. The van der Waals surface area contributed by atoms with Crippen LogP contribution in [0.3, 0.4) is 0 Å². The molecule has 0 aliphatic rings. The van der Waals surface area contributed by atoms with Crippen LogP contribution in [0.2, 0.25) is 0 Å². The van der Waals surface area contributed by atoms with Crippen molar-refractivity contribution in [3.63, 3.8) is 0 Å². The standard InChI is InChI=1S/C16H13NO4/c1-20-14-6-5-13-11(15(14)21-2)8-10-7-9(16(18)19)3-4-12(10)17-13/h3-8H,1-2H3,(H,18,19). The molecule has 0 spiro atoms. The fourth-order valence-electron chi connectivity index (χ4n) is 2.37. The van der Waals surface area contributed by atoms with Gasteiger partial charge in [0.2, 0.25) is 0 Å². The van der Waals surface area contributed by atoms with Crippen molar-refractivity contribution in [1.29, 1.82) is 0 Å². The molecule has 0 fully saturated rings. The number of hydrogen-bond donors (Lipinski definition) is 1. The number of carbonyl (C=O) groups is 1. The van der Waals surface area contributed by atoms with Gasteiger partial charge in [-0.05, 0) is 36.4 Å². The smallest absolute Gasteiger partial charge is 0.335 e. The maximum absolute atomic E-state index is 11.1. The maximum atomic E-state index is 11.1. The Morgan fingerprint density at radius 2 is 1.81 bits per heavy atom. The summed E-state index contributed by atoms with van der Waals surface area (Å²) in [6, 6.07) is 10.4. The number of methoxy groups -OCH3 is 2. The van der Waals surface area contributed by atoms with Crippen LogP contribution in [0.25, 0.3) is 21.8 Å². The van der Waals surface area contributed by atoms with Gasteiger partial charge < -0.3 is 14.6 Å². The first-order valence-corrected chi connectivity index (χ1v) is 6.33. The van der Waals surface area contributed by atoms with Crippen molar-refractivity contribution >= 4 is 27.8 Å². The molecular formula is C16H13NO4. The number of nitrogens with zero attached hydrogens (tertiary/aromatic N) is 1. The first kappa shape index (κ1) is 13.2. The van der Waals surface area contributed by atoms with Crippen molar-refractivity contribution in [2.75, 3.05) is 14.2 Å². The van der Waals surface area contributed by atoms with Gasteiger partial charge in [-0.3, -0.25) is 0 Å². The first-order valence-electron chi connectivity index (χ1n) is 6.33. The summed E-state index contributed by atoms with van der Waals surface area (Å²) in [5.74, 6) is 0.236. The van der Waals surface area contributed by atoms with E-state index in [0.717, 1.165) is 21.8 Å². The Bertz CT molecular complexity index is 858. The number of aromatic carboxylic acids is 1. The molecule has 1 N–H and O–H groups in total. The highest BCUT2D eigenvalue weighted by atomic mass is 16.5. The van der Waals surface area contributed by atoms with E-state index in [1.54, 1.807) is 38.5 Å². The van der Waals surface area contributed by atoms with Crippen LogP contribution in [0.1, 0.15) is 10.4 Å². The second-order valence-corrected chi connectivity index (χ2v) is 4.57. The summed E-state index contributed by atoms with van der Waals surface area (Å²) in [6.45, 7) is 0. The third-order valence-electron chi connectivity index (χ3n) is 3.38. The van der Waals surface area contributed by atoms with E-state index in [9.17, 15) is 4.79 Å². The highest BCUT2D eigenvalue weighted by molar-refractivity contribution is 6.00. The van der Waals surface area contributed by atoms with E-state index < -0.39 is 5.97 Å². The number of carboxylic acids is 1. The second-order valence-electron chi connectivity index (χ2n) is 4.57. The predicted octanol–water partition coefficient (Wildman–Crippen LogP) is 3.10. The molecule has 0 amide bonds. The van der Waals surface area contributed by atoms with E-state index in [0.29, 0.717) is 11.5 Å². The van der Waals surface area contributed by atoms with Crippen LogP contribution in [-0.2, 0) is 0 Å². The molecule has 0 unspecified atom stereocenters. The fraction of sp³-hybridized carbons (Fsp3) is 0.125. The van der Waals surface area contributed by atoms with Crippen molar-refractivity contribution in [2.24, 2.45) is 0 Å². The van der Waals surface area contributed by atoms with E-state index in [4.69, 9.17) is 14.6 Å². The number of benzene rings is 2. The minimum Gasteiger partial charge on any atom is -0.493 e. The third-order valence-corrected chi connectivity index (χ3v) is 3.38. The van der Waals surface area contributed by atoms with Crippen LogP contribution in [0.4, 0.5) is 0 Å². The Morgan fingerprint density at radius 3 is 2.48 bits per heavy atom. The van der Waals surface area contributed by atoms with E-state index in [1.807, 2.05) is 12.1 Å². The molecule has 0 aliphatic heterocycles. The summed E-state index contributed by atoms with van der Waals surface area (Å²) < 4.78 is 10.7. The summed E-state index contributed by atoms with van der Waals surface area (Å²) in [5, 5.41) is 10.6. The molecule has 0 atom stereocenters. The highest BCUT2D eigenvalue weighted by Crippen LogP contribution is 2.36. The van der Waals surface area contributed by atoms with Crippen LogP contribution in [0.5, 0.6) is 11.5 Å². The van der Waals surface area contributed by atoms with Crippen LogP contribution < -0.4 is 9.47 Å². The van der Waals surface area contributed by atoms with Gasteiger partial charge in [-0.15, -0.1) is 0 Å². The molecule has 2 aromatic carbocycles. The largest absolute Gasteiger partial charge is 0.493 e. The summed E-state index contributed by atoms with van der Waals surface area (Å²) in [6.07, 6.45) is 0. The zero-order valence-corrected chi connectivity index (χ0v) is 11.6. The number of rotatable bonds is 3. The molecule has 21 heavy (non-hydrogen) atoms. The van der Waals surface area contributed by atoms with Crippen LogP contribution in [0, 0.1) is 0 Å². The number of carboxylic acid groups (broad SMARTS) is 1. The van der Waals surface area contributed by atoms with Gasteiger partial charge >= 0.3 is 5.97 Å². The number of fused-ring (bicyclic) bond motifs is 2. The minimum atomic E-state index is -0.963. The normalized spacial score (nSPS) is 10.8. The van der Waals surface area contributed by atoms with Gasteiger partial charge in [0.15, 0.2) is 11.5 Å². The van der Waals surface area contributed by atoms with Gasteiger partial charge in [0.25, 0.3) is 0 Å². The minimum absolute atomic E-state index is 0.227. The molecule has 0 saturated heterocycles. The molecule has 5 nitrogen and oxygen atoms in total. The SMILES string of the molecule is COc1ccc2nc3ccc(C(=O)O)cc3cc2c1OC. The van der Waals surface area contributed by atoms with Gasteiger partial charge in [0.05, 0.1) is 30.8 Å². The monoisotopic (exact) mass is 283 g/mol. The summed E-state index contributed by atoms with van der Waals surface area (Å²) in [5.41, 5.74) is 1.73. The highest BCUT2D eigenvalue weighted by Gasteiger charge is 2.12. The molecular weight excluding hydrogens is 270 g/mol. The van der Waals surface area contributed by atoms with Gasteiger partial charge in [-0.1, -0.05) is 0 Å². The number of hydrogen-bond acceptors (Lipinski definition) is 4. The molecule has 3 aromatic rings. The Morgan fingerprint density at radius 1 is 1.05 bits per heavy atom. The molecule has 0 aliphatic carbocycles. The van der Waals surface area contributed by atoms with Gasteiger partial charge in [0.1, 0.15) is 0 Å². The zero-order valence-electron chi connectivity index (χ0n) is 11.6. The van der Waals surface area contributed by atoms with Gasteiger partial charge in [-0.2, -0.15) is 0 Å². The average Bonchev–Trinajstić information content (AvgIpc) is 2.51. The molecule has 3 rings (SSSR count). The van der Waals surface area contributed by atoms with Gasteiger partial charge in [-0.25, -0.2) is 9.78 Å². The first-order chi connectivity index (χ1) is 10.1. The van der Waals surface area contributed by atoms with Crippen LogP contribution >= 0.6 is 0 Å². The Kier molecular flexibility index (Phi) is 3.10. The lowest BCUT2D eigenvalue weighted by Gasteiger charge is -2.11. The molecule has 1 aromatic heterocycles. The topological polar surface area (TPSA) is 68.7 Å². The number of aromatic nitrogens is 1. The van der Waals surface area contributed by atoms with E-state index in [2.05, 4.69) is 4.98 Å². The molecule has 1 heterocycles. The van der Waals surface area contributed by atoms with Crippen molar-refractivity contribution in [3.05, 3.63) is 42.0 Å². The molecule has 0 radical (unpaired) electrons. The van der Waals surface area contributed by atoms with Crippen molar-refractivity contribution in [1.82, 2.24) is 4.98 Å². The Balaban J connectivity index is 2.36. The zero-order chi connectivity index (χ0) is 15.0. The van der Waals surface area contributed by atoms with E-state index in [-0.39, 0.29) is 5.56 Å². The summed E-state index contributed by atoms with van der Waals surface area (Å²) >= 11 is 0. The molecule has 106 valence electrons. The second kappa shape index (κ2) is 4.94. The summed E-state index contributed by atoms with van der Waals surface area (Å²) in [7, 11) is 3.13. The van der Waals surface area contributed by atoms with Crippen molar-refractivity contribution in [2.45, 2.75) is 0 Å². The predicted molar refractivity (Wildman–Crippen MR) is 79.3 cm³/mol. The quantitative estimate of drug-likeness (QED) is 0.748. The lowest BCUT2D eigenvalue weighted by molar-refractivity contribution is 0.0697. The Hall–Kier alpha value is -2.82. The van der Waals surface area contributed by atoms with Crippen LogP contribution in [0.15, 0.2) is 36.4 Å². The van der Waals surface area contributed by atoms with Gasteiger partial charge in [0, 0.05) is 10.8 Å². The average molecular weight is 283 g/mol. The maximum Gasteiger partial charge on any atom is 0.335 e. The molecule has 0 bridgehead atoms. The lowest BCUT2D eigenvalue weighted by atomic mass is 10.1. The fourth-order valence-corrected chi connectivity index (χ4v) is 2.37. The Labute approximate surface area is 120 Å². The summed E-state index contributed by atoms with van der Waals surface area (Å²) in [4.78, 5) is 15.6. The molecule has 0 saturated carbocycles. The number of ether oxygens (including phenoxy) is 2. The molecule has 5 heteroatoms. The van der Waals surface area contributed by atoms with Crippen molar-refractivity contribution < 1.29 is 19.4 Å². The van der Waals surface area contributed by atoms with Crippen LogP contribution in [-0.4, -0.2) is 30.3 Å². The van der Waals surface area contributed by atoms with Crippen molar-refractivity contribution in [3.8, 4) is 11.5 Å². The van der Waals surface area contributed by atoms with E-state index >= 15 is 0 Å². The van der Waals surface area contributed by atoms with E-state index in [1.165, 1.54) is 0 Å². The number of pyridine rings is 1. The third kappa shape index (κ3) is 2.12.